The predicted octanol–water partition coefficient (Wildman–Crippen LogP) is 2.04. The Bertz CT molecular complexity index is 292. The van der Waals surface area contributed by atoms with Gasteiger partial charge in [0.05, 0.1) is 6.54 Å². The smallest absolute Gasteiger partial charge is 0.242 e. The Morgan fingerprint density at radius 2 is 2.00 bits per heavy atom. The lowest BCUT2D eigenvalue weighted by Crippen LogP contribution is -2.48. The van der Waals surface area contributed by atoms with Crippen molar-refractivity contribution in [2.75, 3.05) is 19.6 Å². The molecule has 1 atom stereocenters. The number of rotatable bonds is 5. The fourth-order valence-corrected chi connectivity index (χ4v) is 2.63. The lowest BCUT2D eigenvalue weighted by atomic mass is 10.00. The molecule has 1 saturated heterocycles. The Labute approximate surface area is 110 Å². The molecule has 0 aromatic carbocycles. The van der Waals surface area contributed by atoms with Gasteiger partial charge in [-0.2, -0.15) is 0 Å². The van der Waals surface area contributed by atoms with Crippen molar-refractivity contribution in [1.82, 2.24) is 9.80 Å². The second-order valence-electron chi connectivity index (χ2n) is 5.09. The molecule has 1 aliphatic rings. The minimum absolute atomic E-state index is 0.00439. The minimum atomic E-state index is -0.00439. The highest BCUT2D eigenvalue weighted by atomic mass is 16.2. The lowest BCUT2D eigenvalue weighted by Gasteiger charge is -2.36. The van der Waals surface area contributed by atoms with E-state index in [1.165, 1.54) is 13.3 Å². The highest BCUT2D eigenvalue weighted by Crippen LogP contribution is 2.19. The molecule has 0 aromatic rings. The summed E-state index contributed by atoms with van der Waals surface area (Å²) in [4.78, 5) is 27.4. The lowest BCUT2D eigenvalue weighted by molar-refractivity contribution is -0.141. The van der Waals surface area contributed by atoms with Crippen LogP contribution in [0.4, 0.5) is 0 Å². The Morgan fingerprint density at radius 1 is 1.28 bits per heavy atom. The van der Waals surface area contributed by atoms with Crippen molar-refractivity contribution in [3.8, 4) is 0 Å². The quantitative estimate of drug-likeness (QED) is 0.753. The Balaban J connectivity index is 2.58. The van der Waals surface area contributed by atoms with Crippen molar-refractivity contribution in [2.45, 2.75) is 58.9 Å². The fourth-order valence-electron chi connectivity index (χ4n) is 2.63. The molecule has 0 aliphatic carbocycles. The van der Waals surface area contributed by atoms with E-state index in [4.69, 9.17) is 0 Å². The summed E-state index contributed by atoms with van der Waals surface area (Å²) in [5, 5.41) is 0. The Morgan fingerprint density at radius 3 is 2.56 bits per heavy atom. The van der Waals surface area contributed by atoms with Crippen LogP contribution in [-0.4, -0.2) is 47.3 Å². The average Bonchev–Trinajstić information content (AvgIpc) is 2.37. The molecule has 1 aliphatic heterocycles. The average molecular weight is 254 g/mol. The van der Waals surface area contributed by atoms with Crippen LogP contribution in [0, 0.1) is 0 Å². The third-order valence-electron chi connectivity index (χ3n) is 3.68. The topological polar surface area (TPSA) is 40.6 Å². The summed E-state index contributed by atoms with van der Waals surface area (Å²) in [6.07, 6.45) is 5.32. The normalized spacial score (nSPS) is 19.7. The first-order valence-corrected chi connectivity index (χ1v) is 7.15. The summed E-state index contributed by atoms with van der Waals surface area (Å²) < 4.78 is 0. The maximum absolute atomic E-state index is 12.3. The van der Waals surface area contributed by atoms with Crippen LogP contribution in [0.25, 0.3) is 0 Å². The molecular weight excluding hydrogens is 228 g/mol. The molecule has 1 rings (SSSR count). The predicted molar refractivity (Wildman–Crippen MR) is 72.2 cm³/mol. The molecule has 1 unspecified atom stereocenters. The van der Waals surface area contributed by atoms with Crippen molar-refractivity contribution < 1.29 is 9.59 Å². The molecule has 1 heterocycles. The van der Waals surface area contributed by atoms with Crippen LogP contribution in [0.2, 0.25) is 0 Å². The standard InChI is InChI=1S/C14H26N2O2/c1-4-9-15(12(3)17)11-14(18)16-10-7-6-8-13(16)5-2/h13H,4-11H2,1-3H3. The number of piperidine rings is 1. The van der Waals surface area contributed by atoms with E-state index in [9.17, 15) is 9.59 Å². The van der Waals surface area contributed by atoms with Crippen LogP contribution >= 0.6 is 0 Å². The molecule has 18 heavy (non-hydrogen) atoms. The zero-order valence-electron chi connectivity index (χ0n) is 11.9. The van der Waals surface area contributed by atoms with E-state index in [0.717, 1.165) is 32.2 Å². The summed E-state index contributed by atoms with van der Waals surface area (Å²) in [5.41, 5.74) is 0. The van der Waals surface area contributed by atoms with E-state index in [1.54, 1.807) is 4.90 Å². The molecule has 0 saturated carbocycles. The molecule has 4 nitrogen and oxygen atoms in total. The van der Waals surface area contributed by atoms with Gasteiger partial charge in [0.2, 0.25) is 11.8 Å². The molecule has 0 aromatic heterocycles. The van der Waals surface area contributed by atoms with Crippen molar-refractivity contribution in [2.24, 2.45) is 0 Å². The summed E-state index contributed by atoms with van der Waals surface area (Å²) in [6, 6.07) is 0.377. The molecule has 0 spiro atoms. The van der Waals surface area contributed by atoms with E-state index in [-0.39, 0.29) is 18.4 Å². The number of amides is 2. The van der Waals surface area contributed by atoms with Crippen LogP contribution in [0.1, 0.15) is 52.9 Å². The van der Waals surface area contributed by atoms with E-state index in [0.29, 0.717) is 12.6 Å². The zero-order valence-corrected chi connectivity index (χ0v) is 11.9. The van der Waals surface area contributed by atoms with Gasteiger partial charge in [0, 0.05) is 26.1 Å². The van der Waals surface area contributed by atoms with Gasteiger partial charge in [0.25, 0.3) is 0 Å². The minimum Gasteiger partial charge on any atom is -0.338 e. The van der Waals surface area contributed by atoms with Crippen molar-refractivity contribution >= 4 is 11.8 Å². The third kappa shape index (κ3) is 4.00. The monoisotopic (exact) mass is 254 g/mol. The zero-order chi connectivity index (χ0) is 13.5. The number of hydrogen-bond donors (Lipinski definition) is 0. The molecule has 1 fully saturated rings. The van der Waals surface area contributed by atoms with Gasteiger partial charge >= 0.3 is 0 Å². The van der Waals surface area contributed by atoms with Crippen LogP contribution in [0.3, 0.4) is 0 Å². The molecule has 104 valence electrons. The number of nitrogens with zero attached hydrogens (tertiary/aromatic N) is 2. The molecular formula is C14H26N2O2. The Kier molecular flexibility index (Phi) is 6.16. The largest absolute Gasteiger partial charge is 0.338 e. The van der Waals surface area contributed by atoms with Crippen LogP contribution in [0.15, 0.2) is 0 Å². The highest BCUT2D eigenvalue weighted by Gasteiger charge is 2.26. The molecule has 2 amide bonds. The summed E-state index contributed by atoms with van der Waals surface area (Å²) in [7, 11) is 0. The van der Waals surface area contributed by atoms with Gasteiger partial charge in [-0.15, -0.1) is 0 Å². The Hall–Kier alpha value is -1.06. The van der Waals surface area contributed by atoms with E-state index >= 15 is 0 Å². The maximum Gasteiger partial charge on any atom is 0.242 e. The summed E-state index contributed by atoms with van der Waals surface area (Å²) in [5.74, 6) is 0.112. The van der Waals surface area contributed by atoms with Gasteiger partial charge in [0.15, 0.2) is 0 Å². The van der Waals surface area contributed by atoms with Gasteiger partial charge in [0.1, 0.15) is 0 Å². The highest BCUT2D eigenvalue weighted by molar-refractivity contribution is 5.84. The van der Waals surface area contributed by atoms with E-state index in [1.807, 2.05) is 11.8 Å². The molecule has 4 heteroatoms. The third-order valence-corrected chi connectivity index (χ3v) is 3.68. The second kappa shape index (κ2) is 7.39. The number of carbonyl (C=O) groups is 2. The number of hydrogen-bond acceptors (Lipinski definition) is 2. The van der Waals surface area contributed by atoms with Crippen LogP contribution < -0.4 is 0 Å². The molecule has 0 bridgehead atoms. The SMILES string of the molecule is CCCN(CC(=O)N1CCCCC1CC)C(C)=O. The van der Waals surface area contributed by atoms with Crippen molar-refractivity contribution in [3.05, 3.63) is 0 Å². The van der Waals surface area contributed by atoms with Crippen molar-refractivity contribution in [3.63, 3.8) is 0 Å². The maximum atomic E-state index is 12.3. The van der Waals surface area contributed by atoms with Crippen LogP contribution in [0.5, 0.6) is 0 Å². The van der Waals surface area contributed by atoms with E-state index < -0.39 is 0 Å². The fraction of sp³-hybridized carbons (Fsp3) is 0.857. The second-order valence-corrected chi connectivity index (χ2v) is 5.09. The first-order chi connectivity index (χ1) is 8.60. The van der Waals surface area contributed by atoms with Crippen LogP contribution in [-0.2, 0) is 9.59 Å². The molecule has 0 N–H and O–H groups in total. The van der Waals surface area contributed by atoms with Gasteiger partial charge in [-0.1, -0.05) is 13.8 Å². The number of carbonyl (C=O) groups excluding carboxylic acids is 2. The van der Waals surface area contributed by atoms with Gasteiger partial charge in [-0.25, -0.2) is 0 Å². The van der Waals surface area contributed by atoms with Gasteiger partial charge in [-0.05, 0) is 32.1 Å². The van der Waals surface area contributed by atoms with E-state index in [2.05, 4.69) is 6.92 Å². The van der Waals surface area contributed by atoms with Crippen molar-refractivity contribution in [1.29, 1.82) is 0 Å². The number of likely N-dealkylation sites (tertiary alicyclic amines) is 1. The summed E-state index contributed by atoms with van der Waals surface area (Å²) >= 11 is 0. The first kappa shape index (κ1) is 15.0. The van der Waals surface area contributed by atoms with Gasteiger partial charge in [-0.3, -0.25) is 9.59 Å². The summed E-state index contributed by atoms with van der Waals surface area (Å²) in [6.45, 7) is 7.47. The first-order valence-electron chi connectivity index (χ1n) is 7.15. The molecule has 0 radical (unpaired) electrons. The van der Waals surface area contributed by atoms with Gasteiger partial charge < -0.3 is 9.80 Å².